The number of hydrogen-bond donors (Lipinski definition) is 1. The van der Waals surface area contributed by atoms with Crippen molar-refractivity contribution < 1.29 is 0 Å². The fourth-order valence-electron chi connectivity index (χ4n) is 2.83. The minimum Gasteiger partial charge on any atom is -0.315 e. The average Bonchev–Trinajstić information content (AvgIpc) is 3.05. The van der Waals surface area contributed by atoms with E-state index in [1.54, 1.807) is 0 Å². The smallest absolute Gasteiger partial charge is 0.0537 e. The normalized spacial score (nSPS) is 21.7. The topological polar surface area (TPSA) is 33.1 Å². The Balaban J connectivity index is 2.08. The maximum absolute atomic E-state index is 4.40. The lowest BCUT2D eigenvalue weighted by molar-refractivity contribution is 0.153. The van der Waals surface area contributed by atoms with E-state index in [2.05, 4.69) is 42.3 Å². The first kappa shape index (κ1) is 13.6. The van der Waals surface area contributed by atoms with Crippen LogP contribution in [0.3, 0.4) is 0 Å². The second kappa shape index (κ2) is 6.34. The molecule has 1 aromatic heterocycles. The second-order valence-corrected chi connectivity index (χ2v) is 5.19. The van der Waals surface area contributed by atoms with Gasteiger partial charge in [0.1, 0.15) is 0 Å². The van der Waals surface area contributed by atoms with Gasteiger partial charge in [0, 0.05) is 36.9 Å². The van der Waals surface area contributed by atoms with Crippen molar-refractivity contribution in [3.05, 3.63) is 18.0 Å². The van der Waals surface area contributed by atoms with Gasteiger partial charge in [-0.25, -0.2) is 0 Å². The van der Waals surface area contributed by atoms with Crippen LogP contribution in [0.2, 0.25) is 0 Å². The van der Waals surface area contributed by atoms with Gasteiger partial charge in [0.2, 0.25) is 0 Å². The number of rotatable bonds is 6. The van der Waals surface area contributed by atoms with Crippen LogP contribution in [0.15, 0.2) is 12.4 Å². The molecule has 18 heavy (non-hydrogen) atoms. The van der Waals surface area contributed by atoms with Crippen LogP contribution in [-0.2, 0) is 6.54 Å². The summed E-state index contributed by atoms with van der Waals surface area (Å²) in [6.45, 7) is 11.1. The molecule has 2 rings (SSSR count). The van der Waals surface area contributed by atoms with Crippen LogP contribution in [0.1, 0.15) is 45.2 Å². The van der Waals surface area contributed by atoms with Crippen molar-refractivity contribution in [2.24, 2.45) is 0 Å². The maximum Gasteiger partial charge on any atom is 0.0537 e. The Labute approximate surface area is 110 Å². The van der Waals surface area contributed by atoms with Gasteiger partial charge < -0.3 is 5.32 Å². The fourth-order valence-corrected chi connectivity index (χ4v) is 2.83. The van der Waals surface area contributed by atoms with Crippen molar-refractivity contribution in [3.8, 4) is 0 Å². The lowest BCUT2D eigenvalue weighted by Gasteiger charge is -2.33. The van der Waals surface area contributed by atoms with Gasteiger partial charge >= 0.3 is 0 Å². The molecule has 0 amide bonds. The molecule has 0 spiro atoms. The van der Waals surface area contributed by atoms with E-state index in [4.69, 9.17) is 0 Å². The summed E-state index contributed by atoms with van der Waals surface area (Å²) in [6.07, 6.45) is 6.70. The lowest BCUT2D eigenvalue weighted by Crippen LogP contribution is -2.39. The van der Waals surface area contributed by atoms with Crippen molar-refractivity contribution in [2.45, 2.75) is 52.2 Å². The summed E-state index contributed by atoms with van der Waals surface area (Å²) in [4.78, 5) is 2.64. The molecule has 1 aromatic rings. The predicted molar refractivity (Wildman–Crippen MR) is 74.6 cm³/mol. The summed E-state index contributed by atoms with van der Waals surface area (Å²) < 4.78 is 2.02. The van der Waals surface area contributed by atoms with Gasteiger partial charge in [0.05, 0.1) is 6.20 Å². The molecule has 1 aliphatic rings. The Hall–Kier alpha value is -0.870. The van der Waals surface area contributed by atoms with Gasteiger partial charge in [-0.15, -0.1) is 0 Å². The van der Waals surface area contributed by atoms with Crippen molar-refractivity contribution in [3.63, 3.8) is 0 Å². The highest BCUT2D eigenvalue weighted by atomic mass is 15.3. The van der Waals surface area contributed by atoms with Crippen LogP contribution >= 0.6 is 0 Å². The number of aromatic nitrogens is 2. The summed E-state index contributed by atoms with van der Waals surface area (Å²) in [5.74, 6) is 0. The number of nitrogens with zero attached hydrogens (tertiary/aromatic N) is 3. The van der Waals surface area contributed by atoms with E-state index in [1.165, 1.54) is 24.9 Å². The Morgan fingerprint density at radius 3 is 2.94 bits per heavy atom. The van der Waals surface area contributed by atoms with E-state index >= 15 is 0 Å². The maximum atomic E-state index is 4.40. The molecule has 1 N–H and O–H groups in total. The molecule has 4 nitrogen and oxygen atoms in total. The zero-order valence-corrected chi connectivity index (χ0v) is 11.9. The standard InChI is InChI=1S/C14H26N4/c1-4-8-18(14-6-7-15-10-14)12(3)13-9-16-17(5-2)11-13/h9,11-12,14-15H,4-8,10H2,1-3H3. The molecule has 0 radical (unpaired) electrons. The molecule has 2 heterocycles. The first-order chi connectivity index (χ1) is 8.76. The third-order valence-corrected chi connectivity index (χ3v) is 3.94. The van der Waals surface area contributed by atoms with Crippen molar-refractivity contribution in [1.82, 2.24) is 20.0 Å². The van der Waals surface area contributed by atoms with Crippen LogP contribution in [0.4, 0.5) is 0 Å². The van der Waals surface area contributed by atoms with Crippen LogP contribution in [0, 0.1) is 0 Å². The molecule has 102 valence electrons. The molecule has 2 atom stereocenters. The van der Waals surface area contributed by atoms with Crippen molar-refractivity contribution in [2.75, 3.05) is 19.6 Å². The molecule has 0 saturated carbocycles. The first-order valence-corrected chi connectivity index (χ1v) is 7.25. The molecule has 4 heteroatoms. The highest BCUT2D eigenvalue weighted by Crippen LogP contribution is 2.24. The van der Waals surface area contributed by atoms with Crippen molar-refractivity contribution >= 4 is 0 Å². The Morgan fingerprint density at radius 1 is 1.56 bits per heavy atom. The van der Waals surface area contributed by atoms with E-state index in [0.29, 0.717) is 12.1 Å². The zero-order valence-electron chi connectivity index (χ0n) is 11.9. The second-order valence-electron chi connectivity index (χ2n) is 5.19. The molecule has 0 bridgehead atoms. The summed E-state index contributed by atoms with van der Waals surface area (Å²) in [6, 6.07) is 1.15. The summed E-state index contributed by atoms with van der Waals surface area (Å²) in [7, 11) is 0. The number of aryl methyl sites for hydroxylation is 1. The third kappa shape index (κ3) is 2.93. The number of nitrogens with one attached hydrogen (secondary N) is 1. The number of hydrogen-bond acceptors (Lipinski definition) is 3. The molecule has 1 aliphatic heterocycles. The largest absolute Gasteiger partial charge is 0.315 e. The fraction of sp³-hybridized carbons (Fsp3) is 0.786. The monoisotopic (exact) mass is 250 g/mol. The summed E-state index contributed by atoms with van der Waals surface area (Å²) >= 11 is 0. The van der Waals surface area contributed by atoms with Gasteiger partial charge in [0.15, 0.2) is 0 Å². The van der Waals surface area contributed by atoms with Crippen LogP contribution in [0.25, 0.3) is 0 Å². The van der Waals surface area contributed by atoms with Gasteiger partial charge in [-0.05, 0) is 39.8 Å². The Kier molecular flexibility index (Phi) is 4.78. The van der Waals surface area contributed by atoms with E-state index in [0.717, 1.165) is 19.6 Å². The van der Waals surface area contributed by atoms with E-state index < -0.39 is 0 Å². The van der Waals surface area contributed by atoms with E-state index in [1.807, 2.05) is 10.9 Å². The van der Waals surface area contributed by atoms with E-state index in [9.17, 15) is 0 Å². The lowest BCUT2D eigenvalue weighted by atomic mass is 10.1. The summed E-state index contributed by atoms with van der Waals surface area (Å²) in [5.41, 5.74) is 1.34. The Morgan fingerprint density at radius 2 is 2.39 bits per heavy atom. The van der Waals surface area contributed by atoms with Gasteiger partial charge in [-0.3, -0.25) is 9.58 Å². The first-order valence-electron chi connectivity index (χ1n) is 7.25. The van der Waals surface area contributed by atoms with Crippen LogP contribution in [0.5, 0.6) is 0 Å². The van der Waals surface area contributed by atoms with Crippen LogP contribution in [-0.4, -0.2) is 40.4 Å². The Bertz CT molecular complexity index is 354. The predicted octanol–water partition coefficient (Wildman–Crippen LogP) is 2.04. The highest BCUT2D eigenvalue weighted by Gasteiger charge is 2.26. The summed E-state index contributed by atoms with van der Waals surface area (Å²) in [5, 5.41) is 7.87. The highest BCUT2D eigenvalue weighted by molar-refractivity contribution is 5.10. The molecule has 0 aliphatic carbocycles. The van der Waals surface area contributed by atoms with Crippen molar-refractivity contribution in [1.29, 1.82) is 0 Å². The quantitative estimate of drug-likeness (QED) is 0.838. The molecule has 2 unspecified atom stereocenters. The SMILES string of the molecule is CCCN(C1CCNC1)C(C)c1cnn(CC)c1. The third-order valence-electron chi connectivity index (χ3n) is 3.94. The molecule has 1 saturated heterocycles. The van der Waals surface area contributed by atoms with Gasteiger partial charge in [-0.1, -0.05) is 6.92 Å². The molecule has 0 aromatic carbocycles. The minimum absolute atomic E-state index is 0.468. The molecular formula is C14H26N4. The zero-order chi connectivity index (χ0) is 13.0. The van der Waals surface area contributed by atoms with Crippen LogP contribution < -0.4 is 5.32 Å². The minimum atomic E-state index is 0.468. The van der Waals surface area contributed by atoms with Gasteiger partial charge in [0.25, 0.3) is 0 Å². The molecule has 1 fully saturated rings. The van der Waals surface area contributed by atoms with E-state index in [-0.39, 0.29) is 0 Å². The van der Waals surface area contributed by atoms with Gasteiger partial charge in [-0.2, -0.15) is 5.10 Å². The average molecular weight is 250 g/mol. The molecular weight excluding hydrogens is 224 g/mol.